The first-order valence-corrected chi connectivity index (χ1v) is 7.54. The number of methoxy groups -OCH3 is 2. The Morgan fingerprint density at radius 3 is 2.44 bits per heavy atom. The van der Waals surface area contributed by atoms with E-state index in [0.29, 0.717) is 28.6 Å². The summed E-state index contributed by atoms with van der Waals surface area (Å²) in [6, 6.07) is 11.9. The molecule has 7 heteroatoms. The maximum absolute atomic E-state index is 12.1. The molecule has 132 valence electrons. The van der Waals surface area contributed by atoms with Gasteiger partial charge in [-0.05, 0) is 24.3 Å². The minimum Gasteiger partial charge on any atom is -0.497 e. The monoisotopic (exact) mass is 344 g/mol. The van der Waals surface area contributed by atoms with Crippen LogP contribution < -0.4 is 24.8 Å². The Morgan fingerprint density at radius 2 is 1.76 bits per heavy atom. The molecule has 0 heterocycles. The quantitative estimate of drug-likeness (QED) is 0.806. The van der Waals surface area contributed by atoms with E-state index >= 15 is 0 Å². The molecule has 2 rings (SSSR count). The third-order valence-corrected chi connectivity index (χ3v) is 3.21. The lowest BCUT2D eigenvalue weighted by Crippen LogP contribution is -2.20. The summed E-state index contributed by atoms with van der Waals surface area (Å²) >= 11 is 0. The normalized spacial score (nSPS) is 9.88. The van der Waals surface area contributed by atoms with Crippen LogP contribution in [0.4, 0.5) is 11.4 Å². The van der Waals surface area contributed by atoms with Crippen LogP contribution in [0.1, 0.15) is 6.92 Å². The summed E-state index contributed by atoms with van der Waals surface area (Å²) in [5, 5.41) is 5.37. The molecule has 25 heavy (non-hydrogen) atoms. The molecule has 0 aromatic heterocycles. The van der Waals surface area contributed by atoms with E-state index in [2.05, 4.69) is 10.6 Å². The molecule has 0 radical (unpaired) electrons. The van der Waals surface area contributed by atoms with Gasteiger partial charge in [0.05, 0.1) is 19.9 Å². The molecule has 2 aromatic rings. The van der Waals surface area contributed by atoms with Gasteiger partial charge >= 0.3 is 0 Å². The molecule has 2 aromatic carbocycles. The Morgan fingerprint density at radius 1 is 0.960 bits per heavy atom. The van der Waals surface area contributed by atoms with E-state index in [1.54, 1.807) is 49.6 Å². The van der Waals surface area contributed by atoms with Gasteiger partial charge in [0.15, 0.2) is 6.61 Å². The molecule has 0 atom stereocenters. The number of carbonyl (C=O) groups is 2. The Hall–Kier alpha value is -3.22. The first-order chi connectivity index (χ1) is 12.0. The number of rotatable bonds is 7. The Labute approximate surface area is 145 Å². The number of nitrogens with one attached hydrogen (secondary N) is 2. The molecule has 0 unspecified atom stereocenters. The van der Waals surface area contributed by atoms with Crippen molar-refractivity contribution in [3.63, 3.8) is 0 Å². The largest absolute Gasteiger partial charge is 0.497 e. The summed E-state index contributed by atoms with van der Waals surface area (Å²) in [6.45, 7) is 1.23. The summed E-state index contributed by atoms with van der Waals surface area (Å²) in [5.41, 5.74) is 1.09. The van der Waals surface area contributed by atoms with Crippen molar-refractivity contribution in [1.82, 2.24) is 0 Å². The van der Waals surface area contributed by atoms with E-state index < -0.39 is 0 Å². The zero-order valence-corrected chi connectivity index (χ0v) is 14.3. The topological polar surface area (TPSA) is 85.9 Å². The Balaban J connectivity index is 1.98. The van der Waals surface area contributed by atoms with Crippen molar-refractivity contribution in [1.29, 1.82) is 0 Å². The SMILES string of the molecule is COc1ccc(OC)c(NC(=O)COc2cccc(NC(C)=O)c2)c1. The van der Waals surface area contributed by atoms with Crippen molar-refractivity contribution in [2.45, 2.75) is 6.92 Å². The molecule has 0 fully saturated rings. The number of carbonyl (C=O) groups excluding carboxylic acids is 2. The van der Waals surface area contributed by atoms with E-state index in [1.165, 1.54) is 14.0 Å². The van der Waals surface area contributed by atoms with Crippen molar-refractivity contribution in [2.75, 3.05) is 31.5 Å². The second-order valence-corrected chi connectivity index (χ2v) is 5.11. The van der Waals surface area contributed by atoms with Crippen LogP contribution in [0.15, 0.2) is 42.5 Å². The Kier molecular flexibility index (Phi) is 6.22. The molecule has 0 aliphatic carbocycles. The van der Waals surface area contributed by atoms with Crippen LogP contribution >= 0.6 is 0 Å². The number of amides is 2. The van der Waals surface area contributed by atoms with E-state index in [9.17, 15) is 9.59 Å². The summed E-state index contributed by atoms with van der Waals surface area (Å²) in [7, 11) is 3.06. The lowest BCUT2D eigenvalue weighted by molar-refractivity contribution is -0.118. The van der Waals surface area contributed by atoms with Crippen LogP contribution in [0.2, 0.25) is 0 Å². The molecule has 0 aliphatic rings. The Bertz CT molecular complexity index is 761. The summed E-state index contributed by atoms with van der Waals surface area (Å²) in [5.74, 6) is 1.05. The number of anilines is 2. The van der Waals surface area contributed by atoms with Gasteiger partial charge in [-0.25, -0.2) is 0 Å². The number of ether oxygens (including phenoxy) is 3. The highest BCUT2D eigenvalue weighted by Gasteiger charge is 2.10. The maximum Gasteiger partial charge on any atom is 0.262 e. The van der Waals surface area contributed by atoms with Gasteiger partial charge in [-0.1, -0.05) is 6.07 Å². The van der Waals surface area contributed by atoms with Crippen LogP contribution in [-0.4, -0.2) is 32.6 Å². The van der Waals surface area contributed by atoms with Crippen LogP contribution in [0.3, 0.4) is 0 Å². The van der Waals surface area contributed by atoms with Gasteiger partial charge in [0, 0.05) is 24.7 Å². The molecule has 0 bridgehead atoms. The van der Waals surface area contributed by atoms with Gasteiger partial charge in [-0.2, -0.15) is 0 Å². The number of hydrogen-bond acceptors (Lipinski definition) is 5. The number of benzene rings is 2. The van der Waals surface area contributed by atoms with E-state index in [4.69, 9.17) is 14.2 Å². The highest BCUT2D eigenvalue weighted by molar-refractivity contribution is 5.93. The average Bonchev–Trinajstić information content (AvgIpc) is 2.59. The standard InChI is InChI=1S/C18H20N2O5/c1-12(21)19-13-5-4-6-15(9-13)25-11-18(22)20-16-10-14(23-2)7-8-17(16)24-3/h4-10H,11H2,1-3H3,(H,19,21)(H,20,22). The lowest BCUT2D eigenvalue weighted by atomic mass is 10.2. The van der Waals surface area contributed by atoms with E-state index in [0.717, 1.165) is 0 Å². The summed E-state index contributed by atoms with van der Waals surface area (Å²) in [6.07, 6.45) is 0. The molecule has 0 aliphatic heterocycles. The molecule has 0 saturated carbocycles. The third-order valence-electron chi connectivity index (χ3n) is 3.21. The molecule has 7 nitrogen and oxygen atoms in total. The smallest absolute Gasteiger partial charge is 0.262 e. The summed E-state index contributed by atoms with van der Waals surface area (Å²) in [4.78, 5) is 23.2. The van der Waals surface area contributed by atoms with E-state index in [-0.39, 0.29) is 18.4 Å². The van der Waals surface area contributed by atoms with Gasteiger partial charge in [-0.15, -0.1) is 0 Å². The van der Waals surface area contributed by atoms with Gasteiger partial charge in [-0.3, -0.25) is 9.59 Å². The van der Waals surface area contributed by atoms with Gasteiger partial charge in [0.1, 0.15) is 17.2 Å². The van der Waals surface area contributed by atoms with E-state index in [1.807, 2.05) is 0 Å². The zero-order valence-electron chi connectivity index (χ0n) is 14.3. The lowest BCUT2D eigenvalue weighted by Gasteiger charge is -2.12. The van der Waals surface area contributed by atoms with Gasteiger partial charge in [0.2, 0.25) is 5.91 Å². The van der Waals surface area contributed by atoms with Crippen molar-refractivity contribution >= 4 is 23.2 Å². The predicted molar refractivity (Wildman–Crippen MR) is 94.4 cm³/mol. The summed E-state index contributed by atoms with van der Waals surface area (Å²) < 4.78 is 15.8. The fourth-order valence-corrected chi connectivity index (χ4v) is 2.11. The zero-order chi connectivity index (χ0) is 18.2. The first-order valence-electron chi connectivity index (χ1n) is 7.54. The van der Waals surface area contributed by atoms with Crippen molar-refractivity contribution in [2.24, 2.45) is 0 Å². The first kappa shape index (κ1) is 18.1. The highest BCUT2D eigenvalue weighted by atomic mass is 16.5. The average molecular weight is 344 g/mol. The highest BCUT2D eigenvalue weighted by Crippen LogP contribution is 2.28. The fraction of sp³-hybridized carbons (Fsp3) is 0.222. The second-order valence-electron chi connectivity index (χ2n) is 5.11. The van der Waals surface area contributed by atoms with Crippen LogP contribution in [0.5, 0.6) is 17.2 Å². The molecular formula is C18H20N2O5. The molecule has 0 saturated heterocycles. The van der Waals surface area contributed by atoms with Crippen LogP contribution in [0, 0.1) is 0 Å². The second kappa shape index (κ2) is 8.58. The molecular weight excluding hydrogens is 324 g/mol. The minimum absolute atomic E-state index is 0.181. The van der Waals surface area contributed by atoms with Gasteiger partial charge < -0.3 is 24.8 Å². The minimum atomic E-state index is -0.350. The van der Waals surface area contributed by atoms with Crippen molar-refractivity contribution < 1.29 is 23.8 Å². The van der Waals surface area contributed by atoms with Crippen LogP contribution in [-0.2, 0) is 9.59 Å². The fourth-order valence-electron chi connectivity index (χ4n) is 2.11. The number of hydrogen-bond donors (Lipinski definition) is 2. The molecule has 2 amide bonds. The third kappa shape index (κ3) is 5.42. The molecule has 2 N–H and O–H groups in total. The van der Waals surface area contributed by atoms with Crippen molar-refractivity contribution in [3.8, 4) is 17.2 Å². The van der Waals surface area contributed by atoms with Crippen LogP contribution in [0.25, 0.3) is 0 Å². The van der Waals surface area contributed by atoms with Gasteiger partial charge in [0.25, 0.3) is 5.91 Å². The molecule has 0 spiro atoms. The predicted octanol–water partition coefficient (Wildman–Crippen LogP) is 2.68. The van der Waals surface area contributed by atoms with Crippen molar-refractivity contribution in [3.05, 3.63) is 42.5 Å². The maximum atomic E-state index is 12.1.